The van der Waals surface area contributed by atoms with E-state index in [1.165, 1.54) is 0 Å². The van der Waals surface area contributed by atoms with Gasteiger partial charge in [-0.2, -0.15) is 0 Å². The van der Waals surface area contributed by atoms with Gasteiger partial charge in [0.1, 0.15) is 0 Å². The van der Waals surface area contributed by atoms with Gasteiger partial charge in [-0.25, -0.2) is 0 Å². The summed E-state index contributed by atoms with van der Waals surface area (Å²) in [6, 6.07) is 0.916. The second kappa shape index (κ2) is 17.4. The van der Waals surface area contributed by atoms with Crippen molar-refractivity contribution in [1.29, 1.82) is 0 Å². The van der Waals surface area contributed by atoms with Crippen molar-refractivity contribution in [3.63, 3.8) is 0 Å². The van der Waals surface area contributed by atoms with Crippen molar-refractivity contribution >= 4 is 8.80 Å². The zero-order chi connectivity index (χ0) is 17.3. The van der Waals surface area contributed by atoms with Crippen LogP contribution in [-0.2, 0) is 13.3 Å². The van der Waals surface area contributed by atoms with Crippen LogP contribution in [0.5, 0.6) is 0 Å². The van der Waals surface area contributed by atoms with Gasteiger partial charge in [0.25, 0.3) is 0 Å². The van der Waals surface area contributed by atoms with E-state index in [0.717, 1.165) is 45.1 Å². The van der Waals surface area contributed by atoms with Gasteiger partial charge in [-0.05, 0) is 59.8 Å². The number of nitrogens with two attached hydrogens (primary N) is 1. The summed E-state index contributed by atoms with van der Waals surface area (Å²) in [7, 11) is -2.41. The van der Waals surface area contributed by atoms with Crippen LogP contribution in [0.3, 0.4) is 0 Å². The molecule has 0 fully saturated rings. The van der Waals surface area contributed by atoms with Crippen LogP contribution in [0.25, 0.3) is 0 Å². The van der Waals surface area contributed by atoms with Gasteiger partial charge in [-0.1, -0.05) is 20.8 Å². The van der Waals surface area contributed by atoms with Crippen molar-refractivity contribution in [3.05, 3.63) is 0 Å². The molecule has 0 saturated heterocycles. The van der Waals surface area contributed by atoms with Gasteiger partial charge in [0.15, 0.2) is 0 Å². The summed E-state index contributed by atoms with van der Waals surface area (Å²) in [6.45, 7) is 18.6. The lowest BCUT2D eigenvalue weighted by Gasteiger charge is -2.29. The fourth-order valence-corrected chi connectivity index (χ4v) is 4.65. The van der Waals surface area contributed by atoms with Crippen LogP contribution < -0.4 is 5.73 Å². The molecular formula is C16H40N2O3Si. The van der Waals surface area contributed by atoms with Crippen molar-refractivity contribution in [2.75, 3.05) is 46.0 Å². The fraction of sp³-hybridized carbons (Fsp3) is 1.00. The van der Waals surface area contributed by atoms with E-state index in [0.29, 0.717) is 19.8 Å². The molecule has 0 saturated carbocycles. The molecule has 0 aromatic heterocycles. The van der Waals surface area contributed by atoms with E-state index < -0.39 is 8.80 Å². The van der Waals surface area contributed by atoms with E-state index in [1.54, 1.807) is 0 Å². The Bertz CT molecular complexity index is 199. The molecule has 22 heavy (non-hydrogen) atoms. The fourth-order valence-electron chi connectivity index (χ4n) is 2.06. The molecule has 0 bridgehead atoms. The first-order chi connectivity index (χ1) is 10.6. The van der Waals surface area contributed by atoms with Gasteiger partial charge in [-0.15, -0.1) is 0 Å². The topological polar surface area (TPSA) is 57.0 Å². The molecule has 0 radical (unpaired) electrons. The van der Waals surface area contributed by atoms with Gasteiger partial charge in [0.2, 0.25) is 0 Å². The molecule has 0 spiro atoms. The van der Waals surface area contributed by atoms with Crippen molar-refractivity contribution in [2.45, 2.75) is 60.4 Å². The average molecular weight is 337 g/mol. The molecule has 0 aromatic carbocycles. The Morgan fingerprint density at radius 1 is 0.818 bits per heavy atom. The lowest BCUT2D eigenvalue weighted by molar-refractivity contribution is 0.0700. The van der Waals surface area contributed by atoms with Crippen LogP contribution in [0.15, 0.2) is 0 Å². The molecule has 0 aliphatic heterocycles. The summed E-state index contributed by atoms with van der Waals surface area (Å²) >= 11 is 0. The first-order valence-corrected chi connectivity index (χ1v) is 10.9. The Morgan fingerprint density at radius 2 is 1.23 bits per heavy atom. The molecule has 0 heterocycles. The highest BCUT2D eigenvalue weighted by molar-refractivity contribution is 6.60. The van der Waals surface area contributed by atoms with E-state index in [9.17, 15) is 0 Å². The first kappa shape index (κ1) is 24.3. The molecule has 0 aliphatic rings. The number of rotatable bonds is 13. The Morgan fingerprint density at radius 3 is 1.50 bits per heavy atom. The van der Waals surface area contributed by atoms with E-state index in [1.807, 2.05) is 20.8 Å². The minimum atomic E-state index is -2.41. The second-order valence-electron chi connectivity index (χ2n) is 4.90. The molecule has 0 rings (SSSR count). The third-order valence-corrected chi connectivity index (χ3v) is 6.38. The van der Waals surface area contributed by atoms with E-state index in [4.69, 9.17) is 19.0 Å². The maximum Gasteiger partial charge on any atom is 0.500 e. The van der Waals surface area contributed by atoms with Gasteiger partial charge < -0.3 is 23.9 Å². The molecule has 0 aromatic rings. The van der Waals surface area contributed by atoms with Gasteiger partial charge in [0, 0.05) is 25.9 Å². The normalized spacial score (nSPS) is 11.5. The molecule has 0 atom stereocenters. The Balaban J connectivity index is 0. The predicted molar refractivity (Wildman–Crippen MR) is 97.2 cm³/mol. The molecule has 136 valence electrons. The monoisotopic (exact) mass is 336 g/mol. The summed E-state index contributed by atoms with van der Waals surface area (Å²) in [5.74, 6) is 0. The highest BCUT2D eigenvalue weighted by Crippen LogP contribution is 2.18. The number of nitrogens with zero attached hydrogens (tertiary/aromatic N) is 1. The van der Waals surface area contributed by atoms with E-state index in [2.05, 4.69) is 25.7 Å². The number of hydrogen-bond donors (Lipinski definition) is 1. The summed E-state index contributed by atoms with van der Waals surface area (Å²) < 4.78 is 17.5. The van der Waals surface area contributed by atoms with Gasteiger partial charge in [-0.3, -0.25) is 0 Å². The van der Waals surface area contributed by atoms with Crippen LogP contribution in [0.1, 0.15) is 54.4 Å². The second-order valence-corrected chi connectivity index (χ2v) is 7.63. The van der Waals surface area contributed by atoms with E-state index in [-0.39, 0.29) is 0 Å². The highest BCUT2D eigenvalue weighted by atomic mass is 28.4. The summed E-state index contributed by atoms with van der Waals surface area (Å²) in [6.07, 6.45) is 2.17. The standard InChI is InChI=1S/C13H31NO3Si.C3H9N/c1-6-14(7-2)12-11-13-18(15-8-3,16-9-4)17-10-5;1-2-3-4/h6-13H2,1-5H3;2-4H2,1H3. The van der Waals surface area contributed by atoms with Crippen LogP contribution in [0, 0.1) is 0 Å². The molecular weight excluding hydrogens is 296 g/mol. The largest absolute Gasteiger partial charge is 0.500 e. The highest BCUT2D eigenvalue weighted by Gasteiger charge is 2.39. The minimum absolute atomic E-state index is 0.664. The maximum atomic E-state index is 5.84. The molecule has 0 aliphatic carbocycles. The lowest BCUT2D eigenvalue weighted by atomic mass is 10.4. The zero-order valence-corrected chi connectivity index (χ0v) is 16.8. The SMILES string of the molecule is CCCN.CCO[Si](CCCN(CC)CC)(OCC)OCC. The summed E-state index contributed by atoms with van der Waals surface area (Å²) in [5.41, 5.74) is 5.03. The molecule has 0 amide bonds. The van der Waals surface area contributed by atoms with Crippen molar-refractivity contribution < 1.29 is 13.3 Å². The lowest BCUT2D eigenvalue weighted by Crippen LogP contribution is -2.46. The Hall–Kier alpha value is 0.0169. The molecule has 2 N–H and O–H groups in total. The quantitative estimate of drug-likeness (QED) is 0.524. The van der Waals surface area contributed by atoms with Crippen LogP contribution >= 0.6 is 0 Å². The smallest absolute Gasteiger partial charge is 0.374 e. The maximum absolute atomic E-state index is 5.84. The van der Waals surface area contributed by atoms with Gasteiger partial charge >= 0.3 is 8.80 Å². The van der Waals surface area contributed by atoms with Crippen LogP contribution in [-0.4, -0.2) is 59.7 Å². The Labute approximate surface area is 139 Å². The number of hydrogen-bond acceptors (Lipinski definition) is 5. The summed E-state index contributed by atoms with van der Waals surface area (Å²) in [5, 5.41) is 0. The van der Waals surface area contributed by atoms with E-state index >= 15 is 0 Å². The van der Waals surface area contributed by atoms with Crippen LogP contribution in [0.2, 0.25) is 6.04 Å². The third-order valence-electron chi connectivity index (χ3n) is 3.23. The summed E-state index contributed by atoms with van der Waals surface area (Å²) in [4.78, 5) is 2.42. The third kappa shape index (κ3) is 12.5. The van der Waals surface area contributed by atoms with Crippen molar-refractivity contribution in [3.8, 4) is 0 Å². The van der Waals surface area contributed by atoms with Crippen molar-refractivity contribution in [2.24, 2.45) is 5.73 Å². The van der Waals surface area contributed by atoms with Gasteiger partial charge in [0.05, 0.1) is 0 Å². The first-order valence-electron chi connectivity index (χ1n) is 8.93. The molecule has 6 heteroatoms. The van der Waals surface area contributed by atoms with Crippen LogP contribution in [0.4, 0.5) is 0 Å². The van der Waals surface area contributed by atoms with Crippen molar-refractivity contribution in [1.82, 2.24) is 4.90 Å². The Kier molecular flexibility index (Phi) is 19.2. The predicted octanol–water partition coefficient (Wildman–Crippen LogP) is 3.12. The zero-order valence-electron chi connectivity index (χ0n) is 15.8. The average Bonchev–Trinajstić information content (AvgIpc) is 2.52. The molecule has 5 nitrogen and oxygen atoms in total. The minimum Gasteiger partial charge on any atom is -0.374 e. The molecule has 0 unspecified atom stereocenters.